The van der Waals surface area contributed by atoms with Crippen LogP contribution in [0.5, 0.6) is 5.75 Å². The van der Waals surface area contributed by atoms with Gasteiger partial charge in [0.25, 0.3) is 5.91 Å². The maximum Gasteiger partial charge on any atom is 0.255 e. The number of para-hydroxylation sites is 1. The number of hydrogen-bond donors (Lipinski definition) is 2. The van der Waals surface area contributed by atoms with Crippen molar-refractivity contribution in [3.63, 3.8) is 0 Å². The number of thiophene rings is 1. The van der Waals surface area contributed by atoms with Gasteiger partial charge in [-0.3, -0.25) is 4.79 Å². The molecule has 1 amide bonds. The van der Waals surface area contributed by atoms with Crippen molar-refractivity contribution in [2.24, 2.45) is 0 Å². The molecule has 0 saturated carbocycles. The van der Waals surface area contributed by atoms with Gasteiger partial charge in [-0.2, -0.15) is 0 Å². The molecule has 2 rings (SSSR count). The Kier molecular flexibility index (Phi) is 5.22. The Labute approximate surface area is 128 Å². The number of benzene rings is 1. The molecule has 0 bridgehead atoms. The van der Waals surface area contributed by atoms with Crippen molar-refractivity contribution < 1.29 is 9.53 Å². The Morgan fingerprint density at radius 3 is 2.76 bits per heavy atom. The first kappa shape index (κ1) is 15.4. The number of carbonyl (C=O) groups is 1. The van der Waals surface area contributed by atoms with Gasteiger partial charge in [0.2, 0.25) is 0 Å². The first-order valence-electron chi connectivity index (χ1n) is 7.02. The van der Waals surface area contributed by atoms with E-state index in [0.29, 0.717) is 23.6 Å². The second-order valence-corrected chi connectivity index (χ2v) is 5.59. The van der Waals surface area contributed by atoms with Crippen molar-refractivity contribution in [3.8, 4) is 5.75 Å². The number of anilines is 1. The normalized spacial score (nSPS) is 11.9. The third-order valence-electron chi connectivity index (χ3n) is 3.18. The van der Waals surface area contributed by atoms with Crippen LogP contribution in [0.1, 0.15) is 41.5 Å². The van der Waals surface area contributed by atoms with Crippen molar-refractivity contribution in [1.29, 1.82) is 0 Å². The van der Waals surface area contributed by atoms with Crippen molar-refractivity contribution in [3.05, 3.63) is 46.2 Å². The summed E-state index contributed by atoms with van der Waals surface area (Å²) >= 11 is 1.64. The standard InChI is InChI=1S/C16H20N2O2S/c1-3-13(14-9-6-10-21-14)18-16(19)11-7-5-8-12(17)15(11)20-4-2/h5-10,13H,3-4,17H2,1-2H3,(H,18,19). The third kappa shape index (κ3) is 3.55. The molecule has 1 heterocycles. The van der Waals surface area contributed by atoms with Crippen LogP contribution in [0.25, 0.3) is 0 Å². The molecule has 2 aromatic rings. The van der Waals surface area contributed by atoms with E-state index in [0.717, 1.165) is 11.3 Å². The van der Waals surface area contributed by atoms with Gasteiger partial charge in [-0.15, -0.1) is 11.3 Å². The zero-order valence-electron chi connectivity index (χ0n) is 12.3. The van der Waals surface area contributed by atoms with Gasteiger partial charge in [-0.05, 0) is 36.9 Å². The Morgan fingerprint density at radius 2 is 2.14 bits per heavy atom. The van der Waals surface area contributed by atoms with E-state index in [9.17, 15) is 4.79 Å². The molecule has 5 heteroatoms. The zero-order chi connectivity index (χ0) is 15.2. The average molecular weight is 304 g/mol. The molecular weight excluding hydrogens is 284 g/mol. The Morgan fingerprint density at radius 1 is 1.33 bits per heavy atom. The van der Waals surface area contributed by atoms with Gasteiger partial charge in [-0.1, -0.05) is 19.1 Å². The van der Waals surface area contributed by atoms with Gasteiger partial charge < -0.3 is 15.8 Å². The first-order chi connectivity index (χ1) is 10.2. The molecule has 0 aliphatic heterocycles. The van der Waals surface area contributed by atoms with Crippen LogP contribution in [0.15, 0.2) is 35.7 Å². The van der Waals surface area contributed by atoms with Gasteiger partial charge in [0.1, 0.15) is 0 Å². The van der Waals surface area contributed by atoms with Crippen LogP contribution in [-0.4, -0.2) is 12.5 Å². The van der Waals surface area contributed by atoms with E-state index < -0.39 is 0 Å². The lowest BCUT2D eigenvalue weighted by atomic mass is 10.1. The highest BCUT2D eigenvalue weighted by Crippen LogP contribution is 2.28. The van der Waals surface area contributed by atoms with E-state index >= 15 is 0 Å². The molecule has 0 aliphatic rings. The number of ether oxygens (including phenoxy) is 1. The summed E-state index contributed by atoms with van der Waals surface area (Å²) in [5.41, 5.74) is 6.86. The summed E-state index contributed by atoms with van der Waals surface area (Å²) < 4.78 is 5.51. The predicted octanol–water partition coefficient (Wildman–Crippen LogP) is 3.61. The molecule has 0 aliphatic carbocycles. The molecule has 0 radical (unpaired) electrons. The highest BCUT2D eigenvalue weighted by Gasteiger charge is 2.19. The highest BCUT2D eigenvalue weighted by atomic mass is 32.1. The van der Waals surface area contributed by atoms with E-state index in [1.165, 1.54) is 0 Å². The first-order valence-corrected chi connectivity index (χ1v) is 7.90. The van der Waals surface area contributed by atoms with Crippen molar-refractivity contribution in [1.82, 2.24) is 5.32 Å². The number of nitrogens with two attached hydrogens (primary N) is 1. The van der Waals surface area contributed by atoms with Crippen molar-refractivity contribution >= 4 is 22.9 Å². The Hall–Kier alpha value is -2.01. The molecule has 1 unspecified atom stereocenters. The number of hydrogen-bond acceptors (Lipinski definition) is 4. The fourth-order valence-electron chi connectivity index (χ4n) is 2.14. The molecule has 1 atom stereocenters. The molecule has 0 spiro atoms. The second kappa shape index (κ2) is 7.13. The SMILES string of the molecule is CCOc1c(N)cccc1C(=O)NC(CC)c1cccs1. The molecule has 112 valence electrons. The molecule has 0 fully saturated rings. The molecule has 3 N–H and O–H groups in total. The summed E-state index contributed by atoms with van der Waals surface area (Å²) in [5.74, 6) is 0.296. The fraction of sp³-hybridized carbons (Fsp3) is 0.312. The van der Waals surface area contributed by atoms with Crippen LogP contribution in [-0.2, 0) is 0 Å². The number of rotatable bonds is 6. The van der Waals surface area contributed by atoms with Gasteiger partial charge in [0.05, 0.1) is 23.9 Å². The topological polar surface area (TPSA) is 64.3 Å². The maximum absolute atomic E-state index is 12.5. The molecule has 21 heavy (non-hydrogen) atoms. The van der Waals surface area contributed by atoms with E-state index in [1.807, 2.05) is 31.4 Å². The van der Waals surface area contributed by atoms with Crippen LogP contribution in [0, 0.1) is 0 Å². The van der Waals surface area contributed by atoms with Crippen LogP contribution in [0.3, 0.4) is 0 Å². The Balaban J connectivity index is 2.22. The fourth-order valence-corrected chi connectivity index (χ4v) is 3.00. The zero-order valence-corrected chi connectivity index (χ0v) is 13.1. The van der Waals surface area contributed by atoms with Crippen LogP contribution in [0.4, 0.5) is 5.69 Å². The quantitative estimate of drug-likeness (QED) is 0.801. The lowest BCUT2D eigenvalue weighted by Crippen LogP contribution is -2.28. The molecule has 4 nitrogen and oxygen atoms in total. The van der Waals surface area contributed by atoms with Gasteiger partial charge in [0, 0.05) is 4.88 Å². The largest absolute Gasteiger partial charge is 0.491 e. The lowest BCUT2D eigenvalue weighted by Gasteiger charge is -2.17. The smallest absolute Gasteiger partial charge is 0.255 e. The Bertz CT molecular complexity index is 596. The summed E-state index contributed by atoms with van der Waals surface area (Å²) in [7, 11) is 0. The van der Waals surface area contributed by atoms with Crippen molar-refractivity contribution in [2.45, 2.75) is 26.3 Å². The molecule has 1 aromatic carbocycles. The number of nitrogen functional groups attached to an aromatic ring is 1. The van der Waals surface area contributed by atoms with Crippen LogP contribution >= 0.6 is 11.3 Å². The number of nitrogens with one attached hydrogen (secondary N) is 1. The molecule has 1 aromatic heterocycles. The van der Waals surface area contributed by atoms with E-state index in [1.54, 1.807) is 29.5 Å². The average Bonchev–Trinajstić information content (AvgIpc) is 3.01. The second-order valence-electron chi connectivity index (χ2n) is 4.61. The summed E-state index contributed by atoms with van der Waals surface area (Å²) in [6.45, 7) is 4.39. The highest BCUT2D eigenvalue weighted by molar-refractivity contribution is 7.10. The third-order valence-corrected chi connectivity index (χ3v) is 4.16. The predicted molar refractivity (Wildman–Crippen MR) is 86.8 cm³/mol. The summed E-state index contributed by atoms with van der Waals surface area (Å²) in [5, 5.41) is 5.06. The van der Waals surface area contributed by atoms with Gasteiger partial charge >= 0.3 is 0 Å². The minimum atomic E-state index is -0.161. The van der Waals surface area contributed by atoms with E-state index in [4.69, 9.17) is 10.5 Å². The van der Waals surface area contributed by atoms with E-state index in [2.05, 4.69) is 5.32 Å². The molecular formula is C16H20N2O2S. The minimum absolute atomic E-state index is 0.00778. The lowest BCUT2D eigenvalue weighted by molar-refractivity contribution is 0.0932. The minimum Gasteiger partial charge on any atom is -0.491 e. The maximum atomic E-state index is 12.5. The van der Waals surface area contributed by atoms with Gasteiger partial charge in [-0.25, -0.2) is 0 Å². The van der Waals surface area contributed by atoms with Crippen molar-refractivity contribution in [2.75, 3.05) is 12.3 Å². The summed E-state index contributed by atoms with van der Waals surface area (Å²) in [4.78, 5) is 13.7. The summed E-state index contributed by atoms with van der Waals surface area (Å²) in [6, 6.07) is 9.26. The molecule has 0 saturated heterocycles. The van der Waals surface area contributed by atoms with Crippen LogP contribution < -0.4 is 15.8 Å². The number of carbonyl (C=O) groups excluding carboxylic acids is 1. The number of amides is 1. The summed E-state index contributed by atoms with van der Waals surface area (Å²) in [6.07, 6.45) is 0.832. The monoisotopic (exact) mass is 304 g/mol. The van der Waals surface area contributed by atoms with Gasteiger partial charge in [0.15, 0.2) is 5.75 Å². The van der Waals surface area contributed by atoms with E-state index in [-0.39, 0.29) is 11.9 Å². The van der Waals surface area contributed by atoms with Crippen LogP contribution in [0.2, 0.25) is 0 Å².